The summed E-state index contributed by atoms with van der Waals surface area (Å²) in [5, 5.41) is 20.2. The van der Waals surface area contributed by atoms with E-state index in [2.05, 4.69) is 0 Å². The van der Waals surface area contributed by atoms with Gasteiger partial charge < -0.3 is 5.11 Å². The number of carboxylic acid groups (broad SMARTS) is 1. The van der Waals surface area contributed by atoms with Crippen molar-refractivity contribution in [2.24, 2.45) is 0 Å². The molecule has 1 aromatic heterocycles. The topological polar surface area (TPSA) is 83.7 Å². The molecule has 0 amide bonds. The Balaban J connectivity index is 3.01. The minimum Gasteiger partial charge on any atom is -0.480 e. The second kappa shape index (κ2) is 6.12. The van der Waals surface area contributed by atoms with Crippen molar-refractivity contribution in [3.63, 3.8) is 0 Å². The summed E-state index contributed by atoms with van der Waals surface area (Å²) in [5.74, 6) is -0.910. The highest BCUT2D eigenvalue weighted by molar-refractivity contribution is 7.15. The molecule has 0 spiro atoms. The predicted octanol–water partition coefficient (Wildman–Crippen LogP) is 2.38. The quantitative estimate of drug-likeness (QED) is 0.614. The molecule has 0 aliphatic carbocycles. The van der Waals surface area contributed by atoms with Crippen molar-refractivity contribution >= 4 is 22.3 Å². The third-order valence-corrected chi connectivity index (χ3v) is 4.30. The molecule has 106 valence electrons. The van der Waals surface area contributed by atoms with Gasteiger partial charge in [0.2, 0.25) is 0 Å². The SMILES string of the molecule is CCN(CC)C(C)(Cc1ccc([N+](=O)[O-])s1)C(=O)O. The van der Waals surface area contributed by atoms with Crippen LogP contribution in [0, 0.1) is 10.1 Å². The van der Waals surface area contributed by atoms with Crippen LogP contribution in [-0.4, -0.2) is 39.5 Å². The molecule has 1 heterocycles. The Kier molecular flexibility index (Phi) is 5.02. The fourth-order valence-corrected chi connectivity index (χ4v) is 3.11. The molecule has 0 radical (unpaired) electrons. The average Bonchev–Trinajstić information content (AvgIpc) is 2.78. The number of likely N-dealkylation sites (N-methyl/N-ethyl adjacent to an activating group) is 1. The van der Waals surface area contributed by atoms with E-state index in [-0.39, 0.29) is 11.4 Å². The van der Waals surface area contributed by atoms with Crippen LogP contribution >= 0.6 is 11.3 Å². The van der Waals surface area contributed by atoms with Gasteiger partial charge in [-0.15, -0.1) is 0 Å². The lowest BCUT2D eigenvalue weighted by molar-refractivity contribution is -0.380. The molecule has 1 atom stereocenters. The Morgan fingerprint density at radius 3 is 2.42 bits per heavy atom. The zero-order valence-corrected chi connectivity index (χ0v) is 12.1. The van der Waals surface area contributed by atoms with Gasteiger partial charge in [0.1, 0.15) is 5.54 Å². The number of carboxylic acids is 1. The maximum atomic E-state index is 11.6. The molecule has 19 heavy (non-hydrogen) atoms. The molecule has 0 aliphatic rings. The number of rotatable bonds is 7. The number of aliphatic carboxylic acids is 1. The van der Waals surface area contributed by atoms with Crippen molar-refractivity contribution in [1.29, 1.82) is 0 Å². The highest BCUT2D eigenvalue weighted by atomic mass is 32.1. The molecule has 6 nitrogen and oxygen atoms in total. The summed E-state index contributed by atoms with van der Waals surface area (Å²) >= 11 is 1.03. The number of carbonyl (C=O) groups is 1. The van der Waals surface area contributed by atoms with E-state index in [1.165, 1.54) is 6.07 Å². The molecule has 0 fully saturated rings. The minimum absolute atomic E-state index is 0.0438. The first-order valence-corrected chi connectivity index (χ1v) is 6.88. The molecule has 1 unspecified atom stereocenters. The van der Waals surface area contributed by atoms with Crippen LogP contribution in [0.25, 0.3) is 0 Å². The van der Waals surface area contributed by atoms with Gasteiger partial charge >= 0.3 is 11.0 Å². The standard InChI is InChI=1S/C12H18N2O4S/c1-4-13(5-2)12(3,11(15)16)8-9-6-7-10(19-9)14(17)18/h6-7H,4-5,8H2,1-3H3,(H,15,16). The summed E-state index contributed by atoms with van der Waals surface area (Å²) in [5.41, 5.74) is -1.04. The minimum atomic E-state index is -1.04. The summed E-state index contributed by atoms with van der Waals surface area (Å²) in [4.78, 5) is 24.3. The Labute approximate surface area is 115 Å². The zero-order chi connectivity index (χ0) is 14.6. The number of thiophene rings is 1. The molecule has 1 N–H and O–H groups in total. The van der Waals surface area contributed by atoms with E-state index < -0.39 is 16.4 Å². The van der Waals surface area contributed by atoms with E-state index in [1.54, 1.807) is 13.0 Å². The van der Waals surface area contributed by atoms with Crippen LogP contribution in [0.5, 0.6) is 0 Å². The first-order valence-electron chi connectivity index (χ1n) is 6.06. The van der Waals surface area contributed by atoms with E-state index in [9.17, 15) is 20.0 Å². The highest BCUT2D eigenvalue weighted by Crippen LogP contribution is 2.29. The highest BCUT2D eigenvalue weighted by Gasteiger charge is 2.38. The van der Waals surface area contributed by atoms with Crippen molar-refractivity contribution in [1.82, 2.24) is 4.90 Å². The number of hydrogen-bond acceptors (Lipinski definition) is 5. The molecule has 1 aromatic rings. The lowest BCUT2D eigenvalue weighted by Crippen LogP contribution is -2.53. The summed E-state index contributed by atoms with van der Waals surface area (Å²) in [6.45, 7) is 6.70. The summed E-state index contributed by atoms with van der Waals surface area (Å²) in [6.07, 6.45) is 0.266. The summed E-state index contributed by atoms with van der Waals surface area (Å²) in [6, 6.07) is 3.05. The molecule has 0 bridgehead atoms. The average molecular weight is 286 g/mol. The van der Waals surface area contributed by atoms with Crippen molar-refractivity contribution in [2.45, 2.75) is 32.7 Å². The van der Waals surface area contributed by atoms with Gasteiger partial charge in [-0.3, -0.25) is 19.8 Å². The van der Waals surface area contributed by atoms with E-state index in [4.69, 9.17) is 0 Å². The van der Waals surface area contributed by atoms with Gasteiger partial charge in [-0.05, 0) is 26.1 Å². The van der Waals surface area contributed by atoms with Gasteiger partial charge in [-0.1, -0.05) is 25.2 Å². The Morgan fingerprint density at radius 2 is 2.05 bits per heavy atom. The number of hydrogen-bond donors (Lipinski definition) is 1. The fraction of sp³-hybridized carbons (Fsp3) is 0.583. The van der Waals surface area contributed by atoms with Crippen LogP contribution in [0.4, 0.5) is 5.00 Å². The van der Waals surface area contributed by atoms with E-state index in [0.717, 1.165) is 11.3 Å². The van der Waals surface area contributed by atoms with Crippen molar-refractivity contribution < 1.29 is 14.8 Å². The monoisotopic (exact) mass is 286 g/mol. The van der Waals surface area contributed by atoms with Gasteiger partial charge in [0.15, 0.2) is 0 Å². The van der Waals surface area contributed by atoms with E-state index in [1.807, 2.05) is 18.7 Å². The molecule has 0 saturated heterocycles. The van der Waals surface area contributed by atoms with Crippen LogP contribution in [0.2, 0.25) is 0 Å². The Hall–Kier alpha value is -1.47. The maximum Gasteiger partial charge on any atom is 0.324 e. The van der Waals surface area contributed by atoms with E-state index in [0.29, 0.717) is 18.0 Å². The lowest BCUT2D eigenvalue weighted by Gasteiger charge is -2.36. The van der Waals surface area contributed by atoms with Gasteiger partial charge in [0.05, 0.1) is 4.92 Å². The smallest absolute Gasteiger partial charge is 0.324 e. The van der Waals surface area contributed by atoms with Crippen LogP contribution in [0.15, 0.2) is 12.1 Å². The van der Waals surface area contributed by atoms with Gasteiger partial charge in [-0.25, -0.2) is 0 Å². The second-order valence-electron chi connectivity index (χ2n) is 4.43. The number of nitrogens with zero attached hydrogens (tertiary/aromatic N) is 2. The fourth-order valence-electron chi connectivity index (χ4n) is 2.14. The third kappa shape index (κ3) is 3.30. The normalized spacial score (nSPS) is 14.3. The van der Waals surface area contributed by atoms with Crippen LogP contribution in [0.1, 0.15) is 25.6 Å². The Morgan fingerprint density at radius 1 is 1.47 bits per heavy atom. The third-order valence-electron chi connectivity index (χ3n) is 3.27. The zero-order valence-electron chi connectivity index (χ0n) is 11.3. The molecule has 7 heteroatoms. The van der Waals surface area contributed by atoms with Crippen molar-refractivity contribution in [3.05, 3.63) is 27.1 Å². The predicted molar refractivity (Wildman–Crippen MR) is 73.6 cm³/mol. The van der Waals surface area contributed by atoms with Crippen LogP contribution in [0.3, 0.4) is 0 Å². The van der Waals surface area contributed by atoms with Crippen molar-refractivity contribution in [3.8, 4) is 0 Å². The Bertz CT molecular complexity index is 470. The second-order valence-corrected chi connectivity index (χ2v) is 5.57. The largest absolute Gasteiger partial charge is 0.480 e. The van der Waals surface area contributed by atoms with Gasteiger partial charge in [0.25, 0.3) is 0 Å². The lowest BCUT2D eigenvalue weighted by atomic mass is 9.94. The van der Waals surface area contributed by atoms with Crippen LogP contribution < -0.4 is 0 Å². The molecule has 0 aromatic carbocycles. The van der Waals surface area contributed by atoms with Gasteiger partial charge in [0, 0.05) is 17.4 Å². The van der Waals surface area contributed by atoms with E-state index >= 15 is 0 Å². The summed E-state index contributed by atoms with van der Waals surface area (Å²) in [7, 11) is 0. The molecular formula is C12H18N2O4S. The first-order chi connectivity index (χ1) is 8.85. The maximum absolute atomic E-state index is 11.6. The van der Waals surface area contributed by atoms with Crippen molar-refractivity contribution in [2.75, 3.05) is 13.1 Å². The molecule has 0 aliphatic heterocycles. The first kappa shape index (κ1) is 15.6. The molecular weight excluding hydrogens is 268 g/mol. The summed E-state index contributed by atoms with van der Waals surface area (Å²) < 4.78 is 0. The number of nitro groups is 1. The molecule has 0 saturated carbocycles. The molecule has 1 rings (SSSR count). The van der Waals surface area contributed by atoms with Crippen LogP contribution in [-0.2, 0) is 11.2 Å². The van der Waals surface area contributed by atoms with Gasteiger partial charge in [-0.2, -0.15) is 0 Å².